The molecule has 4 heteroatoms. The summed E-state index contributed by atoms with van der Waals surface area (Å²) in [4.78, 5) is 13.3. The molecule has 2 amide bonds. The minimum atomic E-state index is -0.187. The molecule has 0 bridgehead atoms. The number of urea groups is 1. The van der Waals surface area contributed by atoms with Crippen LogP contribution in [0.15, 0.2) is 53.4 Å². The predicted octanol–water partition coefficient (Wildman–Crippen LogP) is 5.24. The van der Waals surface area contributed by atoms with E-state index in [2.05, 4.69) is 41.8 Å². The summed E-state index contributed by atoms with van der Waals surface area (Å²) < 4.78 is 0. The number of nitrogens with one attached hydrogen (secondary N) is 2. The number of hydrogen-bond donors (Lipinski definition) is 2. The molecule has 1 unspecified atom stereocenters. The van der Waals surface area contributed by atoms with Gasteiger partial charge in [0.1, 0.15) is 0 Å². The fraction of sp³-hybridized carbons (Fsp3) is 0.316. The lowest BCUT2D eigenvalue weighted by Crippen LogP contribution is -2.31. The van der Waals surface area contributed by atoms with Crippen LogP contribution in [-0.4, -0.2) is 12.3 Å². The van der Waals surface area contributed by atoms with Gasteiger partial charge in [-0.15, -0.1) is 11.8 Å². The van der Waals surface area contributed by atoms with Crippen LogP contribution in [0.5, 0.6) is 0 Å². The van der Waals surface area contributed by atoms with Gasteiger partial charge in [0.25, 0.3) is 0 Å². The number of carbonyl (C=O) groups is 1. The average molecular weight is 328 g/mol. The lowest BCUT2D eigenvalue weighted by molar-refractivity contribution is 0.249. The van der Waals surface area contributed by atoms with Gasteiger partial charge in [-0.3, -0.25) is 0 Å². The molecule has 2 aromatic rings. The fourth-order valence-corrected chi connectivity index (χ4v) is 2.87. The number of rotatable bonds is 6. The van der Waals surface area contributed by atoms with Crippen LogP contribution in [0, 0.1) is 0 Å². The van der Waals surface area contributed by atoms with Crippen LogP contribution in [0.4, 0.5) is 10.5 Å². The van der Waals surface area contributed by atoms with Gasteiger partial charge < -0.3 is 10.6 Å². The number of anilines is 1. The van der Waals surface area contributed by atoms with Crippen LogP contribution in [0.25, 0.3) is 0 Å². The summed E-state index contributed by atoms with van der Waals surface area (Å²) in [5.74, 6) is 0. The predicted molar refractivity (Wildman–Crippen MR) is 99.2 cm³/mol. The molecule has 3 nitrogen and oxygen atoms in total. The van der Waals surface area contributed by atoms with Crippen molar-refractivity contribution >= 4 is 23.5 Å². The maximum Gasteiger partial charge on any atom is 0.319 e. The Kier molecular flexibility index (Phi) is 6.53. The lowest BCUT2D eigenvalue weighted by Gasteiger charge is -2.16. The summed E-state index contributed by atoms with van der Waals surface area (Å²) in [6.45, 7) is 4.17. The molecule has 2 aromatic carbocycles. The van der Waals surface area contributed by atoms with E-state index < -0.39 is 0 Å². The van der Waals surface area contributed by atoms with Gasteiger partial charge in [-0.25, -0.2) is 4.79 Å². The van der Waals surface area contributed by atoms with Crippen molar-refractivity contribution in [1.29, 1.82) is 0 Å². The van der Waals surface area contributed by atoms with Crippen molar-refractivity contribution in [2.75, 3.05) is 11.6 Å². The van der Waals surface area contributed by atoms with Crippen LogP contribution in [0.3, 0.4) is 0 Å². The highest BCUT2D eigenvalue weighted by Gasteiger charge is 2.09. The Bertz CT molecular complexity index is 640. The molecule has 2 N–H and O–H groups in total. The Morgan fingerprint density at radius 2 is 1.91 bits per heavy atom. The Morgan fingerprint density at radius 3 is 2.57 bits per heavy atom. The second-order valence-corrected chi connectivity index (χ2v) is 6.42. The Labute approximate surface area is 142 Å². The Morgan fingerprint density at radius 1 is 1.17 bits per heavy atom. The van der Waals surface area contributed by atoms with E-state index in [1.165, 1.54) is 5.56 Å². The van der Waals surface area contributed by atoms with E-state index >= 15 is 0 Å². The van der Waals surface area contributed by atoms with Gasteiger partial charge in [-0.2, -0.15) is 0 Å². The van der Waals surface area contributed by atoms with E-state index in [0.29, 0.717) is 0 Å². The van der Waals surface area contributed by atoms with Crippen molar-refractivity contribution < 1.29 is 4.79 Å². The molecular formula is C19H24N2OS. The maximum atomic E-state index is 12.1. The number of carbonyl (C=O) groups excluding carboxylic acids is 1. The van der Waals surface area contributed by atoms with Gasteiger partial charge in [0.2, 0.25) is 0 Å². The first-order chi connectivity index (χ1) is 11.1. The third-order valence-corrected chi connectivity index (χ3v) is 4.42. The Hall–Kier alpha value is -1.94. The normalized spacial score (nSPS) is 11.8. The molecular weight excluding hydrogens is 304 g/mol. The summed E-state index contributed by atoms with van der Waals surface area (Å²) in [7, 11) is 0. The topological polar surface area (TPSA) is 41.1 Å². The zero-order valence-corrected chi connectivity index (χ0v) is 14.7. The quantitative estimate of drug-likeness (QED) is 0.712. The fourth-order valence-electron chi connectivity index (χ4n) is 2.41. The standard InChI is InChI=1S/C19H24N2OS/c1-4-6-15-9-11-16(12-10-15)14(2)20-19(22)21-17-7-5-8-18(13-17)23-3/h5,7-14H,4,6H2,1-3H3,(H2,20,21,22). The molecule has 0 aromatic heterocycles. The van der Waals surface area contributed by atoms with Crippen molar-refractivity contribution in [3.05, 3.63) is 59.7 Å². The zero-order chi connectivity index (χ0) is 16.7. The second-order valence-electron chi connectivity index (χ2n) is 5.54. The number of hydrogen-bond acceptors (Lipinski definition) is 2. The molecule has 0 aliphatic rings. The number of amides is 2. The van der Waals surface area contributed by atoms with Gasteiger partial charge in [0, 0.05) is 10.6 Å². The molecule has 0 radical (unpaired) electrons. The Balaban J connectivity index is 1.93. The third kappa shape index (κ3) is 5.32. The molecule has 23 heavy (non-hydrogen) atoms. The van der Waals surface area contributed by atoms with Crippen molar-refractivity contribution in [1.82, 2.24) is 5.32 Å². The monoisotopic (exact) mass is 328 g/mol. The van der Waals surface area contributed by atoms with Crippen molar-refractivity contribution in [2.45, 2.75) is 37.6 Å². The van der Waals surface area contributed by atoms with Gasteiger partial charge in [0.15, 0.2) is 0 Å². The summed E-state index contributed by atoms with van der Waals surface area (Å²) in [6.07, 6.45) is 4.25. The highest BCUT2D eigenvalue weighted by molar-refractivity contribution is 7.98. The molecule has 0 aliphatic heterocycles. The molecule has 0 saturated heterocycles. The highest BCUT2D eigenvalue weighted by Crippen LogP contribution is 2.19. The first-order valence-corrected chi connectivity index (χ1v) is 9.15. The SMILES string of the molecule is CCCc1ccc(C(C)NC(=O)Nc2cccc(SC)c2)cc1. The highest BCUT2D eigenvalue weighted by atomic mass is 32.2. The van der Waals surface area contributed by atoms with Crippen molar-refractivity contribution in [2.24, 2.45) is 0 Å². The zero-order valence-electron chi connectivity index (χ0n) is 13.9. The number of thioether (sulfide) groups is 1. The molecule has 0 aliphatic carbocycles. The summed E-state index contributed by atoms with van der Waals surface area (Å²) >= 11 is 1.65. The maximum absolute atomic E-state index is 12.1. The minimum Gasteiger partial charge on any atom is -0.331 e. The van der Waals surface area contributed by atoms with E-state index in [4.69, 9.17) is 0 Å². The number of benzene rings is 2. The van der Waals surface area contributed by atoms with E-state index in [1.54, 1.807) is 11.8 Å². The van der Waals surface area contributed by atoms with Gasteiger partial charge in [-0.1, -0.05) is 43.7 Å². The molecule has 122 valence electrons. The molecule has 0 saturated carbocycles. The molecule has 2 rings (SSSR count). The number of aryl methyl sites for hydroxylation is 1. The lowest BCUT2D eigenvalue weighted by atomic mass is 10.0. The summed E-state index contributed by atoms with van der Waals surface area (Å²) in [5, 5.41) is 5.86. The molecule has 0 heterocycles. The van der Waals surface area contributed by atoms with Gasteiger partial charge in [-0.05, 0) is 48.9 Å². The van der Waals surface area contributed by atoms with E-state index in [1.807, 2.05) is 37.4 Å². The van der Waals surface area contributed by atoms with E-state index in [0.717, 1.165) is 29.0 Å². The van der Waals surface area contributed by atoms with Crippen molar-refractivity contribution in [3.63, 3.8) is 0 Å². The van der Waals surface area contributed by atoms with Crippen LogP contribution in [0.2, 0.25) is 0 Å². The van der Waals surface area contributed by atoms with Gasteiger partial charge >= 0.3 is 6.03 Å². The second kappa shape index (κ2) is 8.63. The smallest absolute Gasteiger partial charge is 0.319 e. The van der Waals surface area contributed by atoms with E-state index in [9.17, 15) is 4.79 Å². The van der Waals surface area contributed by atoms with Crippen LogP contribution in [-0.2, 0) is 6.42 Å². The third-order valence-electron chi connectivity index (χ3n) is 3.69. The first-order valence-electron chi connectivity index (χ1n) is 7.92. The summed E-state index contributed by atoms with van der Waals surface area (Å²) in [5.41, 5.74) is 3.25. The first kappa shape index (κ1) is 17.4. The van der Waals surface area contributed by atoms with Crippen LogP contribution >= 0.6 is 11.8 Å². The molecule has 0 spiro atoms. The largest absolute Gasteiger partial charge is 0.331 e. The molecule has 1 atom stereocenters. The minimum absolute atomic E-state index is 0.0330. The molecule has 0 fully saturated rings. The average Bonchev–Trinajstić information content (AvgIpc) is 2.55. The summed E-state index contributed by atoms with van der Waals surface area (Å²) in [6, 6.07) is 16.1. The van der Waals surface area contributed by atoms with Gasteiger partial charge in [0.05, 0.1) is 6.04 Å². The van der Waals surface area contributed by atoms with Crippen molar-refractivity contribution in [3.8, 4) is 0 Å². The van der Waals surface area contributed by atoms with E-state index in [-0.39, 0.29) is 12.1 Å². The van der Waals surface area contributed by atoms with Crippen LogP contribution < -0.4 is 10.6 Å². The van der Waals surface area contributed by atoms with Crippen LogP contribution in [0.1, 0.15) is 37.4 Å².